The summed E-state index contributed by atoms with van der Waals surface area (Å²) in [5.74, 6) is -0.648. The van der Waals surface area contributed by atoms with E-state index in [1.807, 2.05) is 24.3 Å². The number of benzene rings is 3. The number of hydrogen-bond donors (Lipinski definition) is 0. The van der Waals surface area contributed by atoms with E-state index in [0.29, 0.717) is 5.56 Å². The normalized spacial score (nSPS) is 14.8. The fourth-order valence-corrected chi connectivity index (χ4v) is 5.69. The third-order valence-corrected chi connectivity index (χ3v) is 8.05. The highest BCUT2D eigenvalue weighted by molar-refractivity contribution is 14.1. The molecular weight excluding hydrogens is 635 g/mol. The first-order chi connectivity index (χ1) is 17.6. The van der Waals surface area contributed by atoms with Crippen molar-refractivity contribution in [1.82, 2.24) is 4.90 Å². The predicted octanol–water partition coefficient (Wildman–Crippen LogP) is 5.21. The highest BCUT2D eigenvalue weighted by Crippen LogP contribution is 2.36. The monoisotopic (exact) mass is 652 g/mol. The van der Waals surface area contributed by atoms with Crippen molar-refractivity contribution in [2.75, 3.05) is 7.11 Å². The van der Waals surface area contributed by atoms with Gasteiger partial charge in [-0.1, -0.05) is 30.3 Å². The van der Waals surface area contributed by atoms with Crippen molar-refractivity contribution in [1.29, 1.82) is 0 Å². The van der Waals surface area contributed by atoms with Gasteiger partial charge in [-0.05, 0) is 81.9 Å². The second kappa shape index (κ2) is 10.9. The van der Waals surface area contributed by atoms with Gasteiger partial charge in [0.05, 0.1) is 23.5 Å². The van der Waals surface area contributed by atoms with Crippen molar-refractivity contribution >= 4 is 67.4 Å². The number of nitrogens with zero attached hydrogens (tertiary/aromatic N) is 2. The first-order valence-corrected chi connectivity index (χ1v) is 13.7. The highest BCUT2D eigenvalue weighted by atomic mass is 127. The quantitative estimate of drug-likeness (QED) is 0.106. The lowest BCUT2D eigenvalue weighted by atomic mass is 10.1. The van der Waals surface area contributed by atoms with Crippen LogP contribution in [0.2, 0.25) is 0 Å². The van der Waals surface area contributed by atoms with Gasteiger partial charge in [-0.2, -0.15) is 8.42 Å². The zero-order valence-corrected chi connectivity index (χ0v) is 22.8. The number of methoxy groups -OCH3 is 1. The summed E-state index contributed by atoms with van der Waals surface area (Å²) in [6.45, 7) is 0.137. The minimum Gasteiger partial charge on any atom is -0.493 e. The van der Waals surface area contributed by atoms with Crippen LogP contribution in [0.4, 0.5) is 10.5 Å². The van der Waals surface area contributed by atoms with E-state index in [0.717, 1.165) is 37.9 Å². The second-order valence-electron chi connectivity index (χ2n) is 7.57. The summed E-state index contributed by atoms with van der Waals surface area (Å²) in [5, 5.41) is 10.8. The first-order valence-electron chi connectivity index (χ1n) is 10.4. The van der Waals surface area contributed by atoms with Crippen LogP contribution in [0.3, 0.4) is 0 Å². The maximum atomic E-state index is 12.9. The second-order valence-corrected chi connectivity index (χ2v) is 11.3. The molecule has 0 unspecified atom stereocenters. The molecule has 0 atom stereocenters. The van der Waals surface area contributed by atoms with Crippen LogP contribution in [0.5, 0.6) is 11.5 Å². The van der Waals surface area contributed by atoms with E-state index in [9.17, 15) is 28.1 Å². The topological polar surface area (TPSA) is 133 Å². The van der Waals surface area contributed by atoms with E-state index < -0.39 is 36.8 Å². The Morgan fingerprint density at radius 3 is 2.43 bits per heavy atom. The van der Waals surface area contributed by atoms with Gasteiger partial charge in [-0.15, -0.1) is 0 Å². The Morgan fingerprint density at radius 1 is 1.05 bits per heavy atom. The minimum atomic E-state index is -4.56. The van der Waals surface area contributed by atoms with Gasteiger partial charge < -0.3 is 8.92 Å². The number of imide groups is 1. The van der Waals surface area contributed by atoms with Crippen LogP contribution >= 0.6 is 34.4 Å². The molecule has 0 aliphatic carbocycles. The Bertz CT molecular complexity index is 1540. The molecule has 1 aliphatic rings. The number of thioether (sulfide) groups is 1. The van der Waals surface area contributed by atoms with Gasteiger partial charge in [0.25, 0.3) is 16.8 Å². The van der Waals surface area contributed by atoms with E-state index in [4.69, 9.17) is 8.92 Å². The summed E-state index contributed by atoms with van der Waals surface area (Å²) < 4.78 is 36.9. The first kappa shape index (κ1) is 26.6. The molecule has 0 saturated carbocycles. The van der Waals surface area contributed by atoms with E-state index in [1.165, 1.54) is 43.5 Å². The lowest BCUT2D eigenvalue weighted by molar-refractivity contribution is -0.387. The van der Waals surface area contributed by atoms with Gasteiger partial charge in [-0.3, -0.25) is 24.6 Å². The number of para-hydroxylation sites is 1. The van der Waals surface area contributed by atoms with Crippen LogP contribution in [0.15, 0.2) is 76.5 Å². The highest BCUT2D eigenvalue weighted by Gasteiger charge is 2.35. The average molecular weight is 652 g/mol. The van der Waals surface area contributed by atoms with Crippen LogP contribution in [-0.2, 0) is 21.5 Å². The van der Waals surface area contributed by atoms with Crippen LogP contribution in [0.25, 0.3) is 6.08 Å². The van der Waals surface area contributed by atoms with Crippen molar-refractivity contribution < 1.29 is 31.9 Å². The van der Waals surface area contributed by atoms with Gasteiger partial charge in [0.1, 0.15) is 0 Å². The van der Waals surface area contributed by atoms with E-state index in [-0.39, 0.29) is 22.9 Å². The Balaban J connectivity index is 1.57. The number of rotatable bonds is 8. The lowest BCUT2D eigenvalue weighted by Crippen LogP contribution is -2.27. The predicted molar refractivity (Wildman–Crippen MR) is 145 cm³/mol. The van der Waals surface area contributed by atoms with Crippen molar-refractivity contribution in [3.8, 4) is 11.5 Å². The number of carbonyl (C=O) groups excluding carboxylic acids is 2. The molecule has 0 bridgehead atoms. The minimum absolute atomic E-state index is 0.00836. The van der Waals surface area contributed by atoms with E-state index in [2.05, 4.69) is 22.6 Å². The molecule has 0 N–H and O–H groups in total. The summed E-state index contributed by atoms with van der Waals surface area (Å²) in [6.07, 6.45) is 1.49. The number of halogens is 1. The molecule has 0 radical (unpaired) electrons. The summed E-state index contributed by atoms with van der Waals surface area (Å²) in [7, 11) is -3.27. The smallest absolute Gasteiger partial charge is 0.346 e. The Hall–Kier alpha value is -3.43. The summed E-state index contributed by atoms with van der Waals surface area (Å²) >= 11 is 2.96. The molecule has 0 aromatic heterocycles. The number of hydrogen-bond acceptors (Lipinski definition) is 9. The van der Waals surface area contributed by atoms with E-state index >= 15 is 0 Å². The third-order valence-electron chi connectivity index (χ3n) is 5.14. The Labute approximate surface area is 229 Å². The maximum absolute atomic E-state index is 12.9. The third kappa shape index (κ3) is 5.94. The maximum Gasteiger partial charge on any atom is 0.346 e. The van der Waals surface area contributed by atoms with E-state index in [1.54, 1.807) is 0 Å². The molecule has 1 fully saturated rings. The molecule has 37 heavy (non-hydrogen) atoms. The molecular formula is C24H17IN2O8S2. The lowest BCUT2D eigenvalue weighted by Gasteiger charge is -2.12. The molecule has 190 valence electrons. The molecule has 3 aromatic rings. The van der Waals surface area contributed by atoms with Gasteiger partial charge in [0, 0.05) is 9.64 Å². The molecule has 0 spiro atoms. The van der Waals surface area contributed by atoms with Crippen LogP contribution < -0.4 is 8.92 Å². The summed E-state index contributed by atoms with van der Waals surface area (Å²) in [5.41, 5.74) is 0.637. The number of nitro groups is 1. The van der Waals surface area contributed by atoms with Crippen molar-refractivity contribution in [2.24, 2.45) is 0 Å². The SMILES string of the molecule is COc1cc(/C=C2\SC(=O)N(Cc3ccc(I)cc3)C2=O)ccc1OS(=O)(=O)c1ccccc1[N+](=O)[O-]. The van der Waals surface area contributed by atoms with Crippen LogP contribution in [0, 0.1) is 13.7 Å². The molecule has 2 amide bonds. The molecule has 1 saturated heterocycles. The summed E-state index contributed by atoms with van der Waals surface area (Å²) in [4.78, 5) is 36.5. The number of ether oxygens (including phenoxy) is 1. The molecule has 1 aliphatic heterocycles. The Morgan fingerprint density at radius 2 is 1.76 bits per heavy atom. The zero-order valence-electron chi connectivity index (χ0n) is 19.0. The Kier molecular flexibility index (Phi) is 7.85. The van der Waals surface area contributed by atoms with Crippen molar-refractivity contribution in [3.63, 3.8) is 0 Å². The van der Waals surface area contributed by atoms with Crippen molar-refractivity contribution in [3.05, 3.63) is 96.4 Å². The fourth-order valence-electron chi connectivity index (χ4n) is 3.39. The molecule has 1 heterocycles. The molecule has 10 nitrogen and oxygen atoms in total. The fraction of sp³-hybridized carbons (Fsp3) is 0.0833. The molecule has 3 aromatic carbocycles. The van der Waals surface area contributed by atoms with Gasteiger partial charge >= 0.3 is 10.1 Å². The van der Waals surface area contributed by atoms with Gasteiger partial charge in [0.2, 0.25) is 0 Å². The summed E-state index contributed by atoms with van der Waals surface area (Å²) in [6, 6.07) is 16.5. The van der Waals surface area contributed by atoms with Crippen LogP contribution in [0.1, 0.15) is 11.1 Å². The number of amides is 2. The number of nitro benzene ring substituents is 1. The van der Waals surface area contributed by atoms with Gasteiger partial charge in [-0.25, -0.2) is 0 Å². The van der Waals surface area contributed by atoms with Crippen molar-refractivity contribution in [2.45, 2.75) is 11.4 Å². The zero-order chi connectivity index (χ0) is 26.7. The van der Waals surface area contributed by atoms with Gasteiger partial charge in [0.15, 0.2) is 16.4 Å². The molecule has 13 heteroatoms. The molecule has 4 rings (SSSR count). The standard InChI is InChI=1S/C24H17IN2O8S2/c1-34-20-12-16(8-11-19(20)35-37(32,33)22-5-3-2-4-18(22)27(30)31)13-21-23(28)26(24(29)36-21)14-15-6-9-17(25)10-7-15/h2-13H,14H2,1H3/b21-13-. The van der Waals surface area contributed by atoms with Crippen LogP contribution in [-0.4, -0.2) is 36.5 Å². The average Bonchev–Trinajstić information content (AvgIpc) is 3.13. The number of carbonyl (C=O) groups is 2. The largest absolute Gasteiger partial charge is 0.493 e.